The van der Waals surface area contributed by atoms with Crippen molar-refractivity contribution in [2.75, 3.05) is 64.8 Å². The number of pyridine rings is 1. The summed E-state index contributed by atoms with van der Waals surface area (Å²) in [7, 11) is 4.02. The first-order valence-corrected chi connectivity index (χ1v) is 10.3. The molecule has 2 fully saturated rings. The van der Waals surface area contributed by atoms with Gasteiger partial charge in [0, 0.05) is 64.1 Å². The maximum Gasteiger partial charge on any atom is 0.191 e. The first-order chi connectivity index (χ1) is 13.2. The lowest BCUT2D eigenvalue weighted by Crippen LogP contribution is -2.46. The highest BCUT2D eigenvalue weighted by molar-refractivity contribution is 14.0. The first kappa shape index (κ1) is 23.2. The number of aromatic nitrogens is 1. The molecule has 2 N–H and O–H groups in total. The predicted octanol–water partition coefficient (Wildman–Crippen LogP) is 1.60. The minimum absolute atomic E-state index is 0. The standard InChI is InChI=1S/C20H35N7.HI/c1-4-26-10-6-8-18(26)16-24-20(21-2)23-15-17-7-5-9-22-19(17)27-13-11-25(3)12-14-27;/h5,7,9,18H,4,6,8,10-16H2,1-3H3,(H2,21,23,24);1H. The number of hydrogen-bond donors (Lipinski definition) is 2. The van der Waals surface area contributed by atoms with Crippen molar-refractivity contribution in [1.29, 1.82) is 0 Å². The largest absolute Gasteiger partial charge is 0.355 e. The molecule has 2 aliphatic rings. The molecule has 8 heteroatoms. The third-order valence-electron chi connectivity index (χ3n) is 5.75. The summed E-state index contributed by atoms with van der Waals surface area (Å²) >= 11 is 0. The molecule has 1 aromatic heterocycles. The Bertz CT molecular complexity index is 616. The molecule has 0 saturated carbocycles. The van der Waals surface area contributed by atoms with Crippen molar-refractivity contribution in [3.05, 3.63) is 23.9 Å². The van der Waals surface area contributed by atoms with Gasteiger partial charge in [-0.2, -0.15) is 0 Å². The van der Waals surface area contributed by atoms with E-state index in [0.29, 0.717) is 6.04 Å². The minimum atomic E-state index is 0. The van der Waals surface area contributed by atoms with Crippen molar-refractivity contribution in [1.82, 2.24) is 25.4 Å². The third kappa shape index (κ3) is 6.18. The molecule has 2 saturated heterocycles. The molecule has 158 valence electrons. The van der Waals surface area contributed by atoms with Crippen LogP contribution in [-0.4, -0.2) is 86.7 Å². The summed E-state index contributed by atoms with van der Waals surface area (Å²) in [5, 5.41) is 6.98. The highest BCUT2D eigenvalue weighted by atomic mass is 127. The summed E-state index contributed by atoms with van der Waals surface area (Å²) in [5.74, 6) is 1.97. The van der Waals surface area contributed by atoms with Crippen LogP contribution in [0.1, 0.15) is 25.3 Å². The SMILES string of the molecule is CCN1CCCC1CNC(=NC)NCc1cccnc1N1CCN(C)CC1.I. The lowest BCUT2D eigenvalue weighted by molar-refractivity contribution is 0.267. The first-order valence-electron chi connectivity index (χ1n) is 10.3. The number of piperazine rings is 1. The average molecular weight is 501 g/mol. The molecule has 0 radical (unpaired) electrons. The molecule has 0 aliphatic carbocycles. The average Bonchev–Trinajstić information content (AvgIpc) is 3.17. The van der Waals surface area contributed by atoms with Gasteiger partial charge in [0.2, 0.25) is 0 Å². The zero-order valence-electron chi connectivity index (χ0n) is 17.5. The van der Waals surface area contributed by atoms with E-state index in [1.807, 2.05) is 19.3 Å². The van der Waals surface area contributed by atoms with Crippen molar-refractivity contribution in [2.24, 2.45) is 4.99 Å². The van der Waals surface area contributed by atoms with E-state index in [0.717, 1.165) is 57.6 Å². The Labute approximate surface area is 187 Å². The molecule has 3 rings (SSSR count). The van der Waals surface area contributed by atoms with E-state index in [1.165, 1.54) is 24.9 Å². The molecule has 0 bridgehead atoms. The maximum atomic E-state index is 4.66. The van der Waals surface area contributed by atoms with Crippen LogP contribution >= 0.6 is 24.0 Å². The number of nitrogens with zero attached hydrogens (tertiary/aromatic N) is 5. The molecular weight excluding hydrogens is 465 g/mol. The van der Waals surface area contributed by atoms with Crippen LogP contribution in [-0.2, 0) is 6.54 Å². The second kappa shape index (κ2) is 11.8. The van der Waals surface area contributed by atoms with E-state index in [4.69, 9.17) is 0 Å². The highest BCUT2D eigenvalue weighted by Gasteiger charge is 2.23. The molecule has 2 aliphatic heterocycles. The van der Waals surface area contributed by atoms with Gasteiger partial charge in [-0.1, -0.05) is 13.0 Å². The molecule has 28 heavy (non-hydrogen) atoms. The summed E-state index contributed by atoms with van der Waals surface area (Å²) in [4.78, 5) is 16.4. The second-order valence-electron chi connectivity index (χ2n) is 7.51. The van der Waals surface area contributed by atoms with Crippen LogP contribution in [0.3, 0.4) is 0 Å². The second-order valence-corrected chi connectivity index (χ2v) is 7.51. The number of hydrogen-bond acceptors (Lipinski definition) is 5. The lowest BCUT2D eigenvalue weighted by Gasteiger charge is -2.34. The van der Waals surface area contributed by atoms with Crippen molar-refractivity contribution < 1.29 is 0 Å². The minimum Gasteiger partial charge on any atom is -0.355 e. The molecule has 1 atom stereocenters. The Kier molecular flexibility index (Phi) is 9.73. The molecule has 3 heterocycles. The van der Waals surface area contributed by atoms with Gasteiger partial charge in [-0.05, 0) is 39.0 Å². The van der Waals surface area contributed by atoms with Crippen LogP contribution in [0.2, 0.25) is 0 Å². The Morgan fingerprint density at radius 1 is 1.21 bits per heavy atom. The van der Waals surface area contributed by atoms with E-state index in [-0.39, 0.29) is 24.0 Å². The van der Waals surface area contributed by atoms with Gasteiger partial charge in [0.15, 0.2) is 5.96 Å². The number of guanidine groups is 1. The summed E-state index contributed by atoms with van der Waals surface area (Å²) < 4.78 is 0. The van der Waals surface area contributed by atoms with Crippen molar-refractivity contribution in [3.8, 4) is 0 Å². The number of aliphatic imine (C=N–C) groups is 1. The van der Waals surface area contributed by atoms with E-state index in [1.54, 1.807) is 0 Å². The van der Waals surface area contributed by atoms with E-state index in [9.17, 15) is 0 Å². The quantitative estimate of drug-likeness (QED) is 0.351. The monoisotopic (exact) mass is 501 g/mol. The number of nitrogens with one attached hydrogen (secondary N) is 2. The van der Waals surface area contributed by atoms with Crippen LogP contribution in [0.4, 0.5) is 5.82 Å². The molecular formula is C20H36IN7. The molecule has 0 amide bonds. The van der Waals surface area contributed by atoms with Crippen molar-refractivity contribution in [3.63, 3.8) is 0 Å². The van der Waals surface area contributed by atoms with Gasteiger partial charge in [0.05, 0.1) is 0 Å². The van der Waals surface area contributed by atoms with E-state index >= 15 is 0 Å². The van der Waals surface area contributed by atoms with Gasteiger partial charge in [0.1, 0.15) is 5.82 Å². The fraction of sp³-hybridized carbons (Fsp3) is 0.700. The molecule has 7 nitrogen and oxygen atoms in total. The van der Waals surface area contributed by atoms with E-state index < -0.39 is 0 Å². The normalized spacial score (nSPS) is 21.5. The Morgan fingerprint density at radius 3 is 2.71 bits per heavy atom. The van der Waals surface area contributed by atoms with Gasteiger partial charge in [-0.15, -0.1) is 24.0 Å². The maximum absolute atomic E-state index is 4.66. The summed E-state index contributed by atoms with van der Waals surface area (Å²) in [6, 6.07) is 4.80. The Balaban J connectivity index is 0.00000280. The third-order valence-corrected chi connectivity index (χ3v) is 5.75. The van der Waals surface area contributed by atoms with Gasteiger partial charge >= 0.3 is 0 Å². The van der Waals surface area contributed by atoms with Crippen LogP contribution < -0.4 is 15.5 Å². The van der Waals surface area contributed by atoms with Crippen molar-refractivity contribution in [2.45, 2.75) is 32.4 Å². The molecule has 0 aromatic carbocycles. The summed E-state index contributed by atoms with van der Waals surface area (Å²) in [6.07, 6.45) is 4.47. The van der Waals surface area contributed by atoms with Crippen LogP contribution in [0, 0.1) is 0 Å². The van der Waals surface area contributed by atoms with Gasteiger partial charge in [-0.3, -0.25) is 9.89 Å². The van der Waals surface area contributed by atoms with Crippen molar-refractivity contribution >= 4 is 35.8 Å². The Morgan fingerprint density at radius 2 is 2.00 bits per heavy atom. The lowest BCUT2D eigenvalue weighted by atomic mass is 10.2. The fourth-order valence-corrected chi connectivity index (χ4v) is 4.03. The van der Waals surface area contributed by atoms with Crippen LogP contribution in [0.25, 0.3) is 0 Å². The number of rotatable bonds is 6. The summed E-state index contributed by atoms with van der Waals surface area (Å²) in [6.45, 7) is 10.5. The van der Waals surface area contributed by atoms with Gasteiger partial charge in [-0.25, -0.2) is 4.98 Å². The number of likely N-dealkylation sites (tertiary alicyclic amines) is 1. The zero-order valence-corrected chi connectivity index (χ0v) is 19.9. The van der Waals surface area contributed by atoms with Gasteiger partial charge in [0.25, 0.3) is 0 Å². The van der Waals surface area contributed by atoms with Crippen LogP contribution in [0.15, 0.2) is 23.3 Å². The van der Waals surface area contributed by atoms with E-state index in [2.05, 4.69) is 55.3 Å². The predicted molar refractivity (Wildman–Crippen MR) is 128 cm³/mol. The molecule has 1 aromatic rings. The number of likely N-dealkylation sites (N-methyl/N-ethyl adjacent to an activating group) is 2. The number of halogens is 1. The fourth-order valence-electron chi connectivity index (χ4n) is 4.03. The highest BCUT2D eigenvalue weighted by Crippen LogP contribution is 2.19. The summed E-state index contributed by atoms with van der Waals surface area (Å²) in [5.41, 5.74) is 1.22. The number of anilines is 1. The Hall–Kier alpha value is -1.13. The topological polar surface area (TPSA) is 59.0 Å². The molecule has 0 spiro atoms. The molecule has 1 unspecified atom stereocenters. The van der Waals surface area contributed by atoms with Crippen LogP contribution in [0.5, 0.6) is 0 Å². The zero-order chi connectivity index (χ0) is 19.1. The van der Waals surface area contributed by atoms with Gasteiger partial charge < -0.3 is 20.4 Å². The smallest absolute Gasteiger partial charge is 0.191 e.